The number of hydrazone groups is 1. The Hall–Kier alpha value is -3.04. The molecule has 1 aliphatic rings. The number of hydrogen-bond donors (Lipinski definition) is 1. The molecular formula is C28H27ClN4O2S2. The molecule has 1 fully saturated rings. The van der Waals surface area contributed by atoms with Crippen molar-refractivity contribution in [2.45, 2.75) is 24.2 Å². The third kappa shape index (κ3) is 6.45. The van der Waals surface area contributed by atoms with Crippen molar-refractivity contribution in [3.8, 4) is 11.3 Å². The summed E-state index contributed by atoms with van der Waals surface area (Å²) in [5.41, 5.74) is 6.79. The number of hydrogen-bond acceptors (Lipinski definition) is 6. The van der Waals surface area contributed by atoms with Gasteiger partial charge in [0.1, 0.15) is 0 Å². The molecule has 37 heavy (non-hydrogen) atoms. The Balaban J connectivity index is 1.18. The molecule has 3 aromatic carbocycles. The van der Waals surface area contributed by atoms with Gasteiger partial charge in [-0.1, -0.05) is 66.2 Å². The second-order valence-corrected chi connectivity index (χ2v) is 12.3. The van der Waals surface area contributed by atoms with E-state index < -0.39 is 10.0 Å². The summed E-state index contributed by atoms with van der Waals surface area (Å²) in [6.45, 7) is 1.11. The maximum atomic E-state index is 13.2. The van der Waals surface area contributed by atoms with Crippen molar-refractivity contribution >= 4 is 44.3 Å². The Bertz CT molecular complexity index is 1450. The van der Waals surface area contributed by atoms with Crippen LogP contribution in [0.2, 0.25) is 5.02 Å². The molecule has 1 aromatic heterocycles. The van der Waals surface area contributed by atoms with Gasteiger partial charge in [-0.2, -0.15) is 9.41 Å². The van der Waals surface area contributed by atoms with E-state index in [4.69, 9.17) is 11.6 Å². The van der Waals surface area contributed by atoms with Crippen LogP contribution in [0.1, 0.15) is 24.0 Å². The number of halogens is 1. The SMILES string of the molecule is O=S(=O)(c1ccc(-c2csc(NN=Cc3ccc(Cl)cc3)n2)cc1)N1CCC(Cc2ccccc2)CC1. The van der Waals surface area contributed by atoms with E-state index in [0.29, 0.717) is 34.1 Å². The Morgan fingerprint density at radius 3 is 2.41 bits per heavy atom. The van der Waals surface area contributed by atoms with Crippen molar-refractivity contribution in [1.29, 1.82) is 0 Å². The van der Waals surface area contributed by atoms with E-state index in [1.807, 2.05) is 47.8 Å². The van der Waals surface area contributed by atoms with Crippen LogP contribution in [0.25, 0.3) is 11.3 Å². The summed E-state index contributed by atoms with van der Waals surface area (Å²) in [4.78, 5) is 4.88. The Labute approximate surface area is 226 Å². The first kappa shape index (κ1) is 25.6. The normalized spacial score (nSPS) is 15.3. The fourth-order valence-corrected chi connectivity index (χ4v) is 6.68. The summed E-state index contributed by atoms with van der Waals surface area (Å²) in [6, 6.07) is 24.7. The fourth-order valence-electron chi connectivity index (χ4n) is 4.42. The highest BCUT2D eigenvalue weighted by molar-refractivity contribution is 7.89. The smallest absolute Gasteiger partial charge is 0.243 e. The van der Waals surface area contributed by atoms with Gasteiger partial charge in [0.15, 0.2) is 0 Å². The van der Waals surface area contributed by atoms with E-state index >= 15 is 0 Å². The van der Waals surface area contributed by atoms with Crippen molar-refractivity contribution in [2.24, 2.45) is 11.0 Å². The number of benzene rings is 3. The molecule has 1 N–H and O–H groups in total. The minimum absolute atomic E-state index is 0.318. The van der Waals surface area contributed by atoms with Gasteiger partial charge < -0.3 is 0 Å². The first-order valence-electron chi connectivity index (χ1n) is 12.1. The third-order valence-electron chi connectivity index (χ3n) is 6.48. The molecule has 1 aliphatic heterocycles. The van der Waals surface area contributed by atoms with Crippen LogP contribution in [0.4, 0.5) is 5.13 Å². The number of rotatable bonds is 8. The van der Waals surface area contributed by atoms with Crippen molar-refractivity contribution < 1.29 is 8.42 Å². The Kier molecular flexibility index (Phi) is 8.00. The molecular weight excluding hydrogens is 524 g/mol. The molecule has 1 saturated heterocycles. The molecule has 9 heteroatoms. The van der Waals surface area contributed by atoms with E-state index in [1.54, 1.807) is 22.7 Å². The van der Waals surface area contributed by atoms with Gasteiger partial charge in [0, 0.05) is 29.1 Å². The van der Waals surface area contributed by atoms with Gasteiger partial charge in [-0.25, -0.2) is 13.4 Å². The predicted molar refractivity (Wildman–Crippen MR) is 152 cm³/mol. The van der Waals surface area contributed by atoms with Crippen molar-refractivity contribution in [2.75, 3.05) is 18.5 Å². The highest BCUT2D eigenvalue weighted by Gasteiger charge is 2.29. The molecule has 0 amide bonds. The summed E-state index contributed by atoms with van der Waals surface area (Å²) in [6.07, 6.45) is 4.45. The van der Waals surface area contributed by atoms with Crippen LogP contribution in [0.15, 0.2) is 94.2 Å². The van der Waals surface area contributed by atoms with E-state index in [-0.39, 0.29) is 0 Å². The number of sulfonamides is 1. The van der Waals surface area contributed by atoms with Crippen LogP contribution in [-0.4, -0.2) is 37.0 Å². The quantitative estimate of drug-likeness (QED) is 0.199. The van der Waals surface area contributed by atoms with Crippen LogP contribution >= 0.6 is 22.9 Å². The molecule has 5 rings (SSSR count). The highest BCUT2D eigenvalue weighted by Crippen LogP contribution is 2.29. The van der Waals surface area contributed by atoms with Crippen molar-refractivity contribution in [3.05, 3.63) is 100 Å². The minimum atomic E-state index is -3.52. The molecule has 6 nitrogen and oxygen atoms in total. The maximum Gasteiger partial charge on any atom is 0.243 e. The minimum Gasteiger partial charge on any atom is -0.253 e. The van der Waals surface area contributed by atoms with Gasteiger partial charge in [-0.15, -0.1) is 11.3 Å². The van der Waals surface area contributed by atoms with Gasteiger partial charge in [-0.05, 0) is 60.6 Å². The summed E-state index contributed by atoms with van der Waals surface area (Å²) in [7, 11) is -3.52. The molecule has 4 aromatic rings. The van der Waals surface area contributed by atoms with Gasteiger partial charge in [0.2, 0.25) is 15.2 Å². The topological polar surface area (TPSA) is 74.7 Å². The number of anilines is 1. The van der Waals surface area contributed by atoms with Crippen LogP contribution in [0.3, 0.4) is 0 Å². The molecule has 0 spiro atoms. The molecule has 0 aliphatic carbocycles. The zero-order valence-electron chi connectivity index (χ0n) is 20.1. The molecule has 2 heterocycles. The molecule has 0 unspecified atom stereocenters. The summed E-state index contributed by atoms with van der Waals surface area (Å²) < 4.78 is 28.1. The maximum absolute atomic E-state index is 13.2. The zero-order valence-corrected chi connectivity index (χ0v) is 22.5. The third-order valence-corrected chi connectivity index (χ3v) is 9.39. The van der Waals surface area contributed by atoms with Crippen molar-refractivity contribution in [3.63, 3.8) is 0 Å². The lowest BCUT2D eigenvalue weighted by atomic mass is 9.91. The van der Waals surface area contributed by atoms with Crippen LogP contribution < -0.4 is 5.43 Å². The number of nitrogens with one attached hydrogen (secondary N) is 1. The molecule has 190 valence electrons. The summed E-state index contributed by atoms with van der Waals surface area (Å²) in [5.74, 6) is 0.513. The lowest BCUT2D eigenvalue weighted by Crippen LogP contribution is -2.38. The summed E-state index contributed by atoms with van der Waals surface area (Å²) >= 11 is 7.33. The van der Waals surface area contributed by atoms with E-state index in [1.165, 1.54) is 16.9 Å². The number of aromatic nitrogens is 1. The largest absolute Gasteiger partial charge is 0.253 e. The van der Waals surface area contributed by atoms with Crippen molar-refractivity contribution in [1.82, 2.24) is 9.29 Å². The predicted octanol–water partition coefficient (Wildman–Crippen LogP) is 6.55. The average molecular weight is 551 g/mol. The Morgan fingerprint density at radius 2 is 1.70 bits per heavy atom. The van der Waals surface area contributed by atoms with Gasteiger partial charge in [0.25, 0.3) is 0 Å². The number of thiazole rings is 1. The average Bonchev–Trinajstić information content (AvgIpc) is 3.40. The highest BCUT2D eigenvalue weighted by atomic mass is 35.5. The van der Waals surface area contributed by atoms with E-state index in [0.717, 1.165) is 36.1 Å². The first-order valence-corrected chi connectivity index (χ1v) is 14.8. The van der Waals surface area contributed by atoms with Crippen LogP contribution in [-0.2, 0) is 16.4 Å². The Morgan fingerprint density at radius 1 is 1.00 bits per heavy atom. The van der Waals surface area contributed by atoms with Gasteiger partial charge >= 0.3 is 0 Å². The van der Waals surface area contributed by atoms with Crippen LogP contribution in [0.5, 0.6) is 0 Å². The van der Waals surface area contributed by atoms with Gasteiger partial charge in [0.05, 0.1) is 16.8 Å². The first-order chi connectivity index (χ1) is 18.0. The van der Waals surface area contributed by atoms with Crippen LogP contribution in [0, 0.1) is 5.92 Å². The zero-order chi connectivity index (χ0) is 25.7. The van der Waals surface area contributed by atoms with E-state index in [2.05, 4.69) is 39.8 Å². The lowest BCUT2D eigenvalue weighted by molar-refractivity contribution is 0.273. The van der Waals surface area contributed by atoms with Gasteiger partial charge in [-0.3, -0.25) is 5.43 Å². The monoisotopic (exact) mass is 550 g/mol. The standard InChI is InChI=1S/C28H27ClN4O2S2/c29-25-10-6-23(7-11-25)19-30-32-28-31-27(20-36-28)24-8-12-26(13-9-24)37(34,35)33-16-14-22(15-17-33)18-21-4-2-1-3-5-21/h1-13,19-20,22H,14-18H2,(H,31,32). The second-order valence-electron chi connectivity index (χ2n) is 9.02. The molecule has 0 bridgehead atoms. The number of piperidine rings is 1. The molecule has 0 saturated carbocycles. The summed E-state index contributed by atoms with van der Waals surface area (Å²) in [5, 5.41) is 7.46. The lowest BCUT2D eigenvalue weighted by Gasteiger charge is -2.31. The molecule has 0 radical (unpaired) electrons. The number of nitrogens with zero attached hydrogens (tertiary/aromatic N) is 3. The second kappa shape index (κ2) is 11.6. The fraction of sp³-hybridized carbons (Fsp3) is 0.214. The molecule has 0 atom stereocenters. The van der Waals surface area contributed by atoms with E-state index in [9.17, 15) is 8.42 Å².